The van der Waals surface area contributed by atoms with E-state index in [0.717, 1.165) is 10.9 Å². The maximum atomic E-state index is 12.9. The molecule has 0 aliphatic heterocycles. The van der Waals surface area contributed by atoms with Gasteiger partial charge in [0.25, 0.3) is 0 Å². The minimum Gasteiger partial charge on any atom is -0.461 e. The van der Waals surface area contributed by atoms with E-state index in [-0.39, 0.29) is 11.4 Å². The summed E-state index contributed by atoms with van der Waals surface area (Å²) < 4.78 is 17.8. The first kappa shape index (κ1) is 6.40. The van der Waals surface area contributed by atoms with Crippen molar-refractivity contribution in [2.45, 2.75) is 0 Å². The molecule has 55 valence electrons. The Morgan fingerprint density at radius 3 is 2.82 bits per heavy atom. The lowest BCUT2D eigenvalue weighted by molar-refractivity contribution is 0.560. The topological polar surface area (TPSA) is 13.1 Å². The molecule has 1 aromatic heterocycles. The van der Waals surface area contributed by atoms with Crippen molar-refractivity contribution in [1.29, 1.82) is 0 Å². The van der Waals surface area contributed by atoms with E-state index in [2.05, 4.69) is 6.92 Å². The Kier molecular flexibility index (Phi) is 1.22. The van der Waals surface area contributed by atoms with Crippen LogP contribution in [0.3, 0.4) is 0 Å². The van der Waals surface area contributed by atoms with Crippen LogP contribution < -0.4 is 0 Å². The summed E-state index contributed by atoms with van der Waals surface area (Å²) in [7, 11) is 0. The van der Waals surface area contributed by atoms with Crippen LogP contribution in [0.1, 0.15) is 5.56 Å². The van der Waals surface area contributed by atoms with E-state index in [0.29, 0.717) is 0 Å². The lowest BCUT2D eigenvalue weighted by Crippen LogP contribution is -1.77. The normalized spacial score (nSPS) is 10.7. The van der Waals surface area contributed by atoms with Gasteiger partial charge in [-0.25, -0.2) is 4.39 Å². The molecule has 11 heavy (non-hydrogen) atoms. The molecule has 1 heterocycles. The largest absolute Gasteiger partial charge is 0.461 e. The van der Waals surface area contributed by atoms with Gasteiger partial charge in [-0.15, -0.1) is 0 Å². The average Bonchev–Trinajstić information content (AvgIpc) is 2.45. The maximum Gasteiger partial charge on any atom is 0.169 e. The van der Waals surface area contributed by atoms with Gasteiger partial charge in [0.05, 0.1) is 6.26 Å². The van der Waals surface area contributed by atoms with E-state index in [1.54, 1.807) is 12.1 Å². The minimum absolute atomic E-state index is 0.289. The molecule has 1 nitrogen and oxygen atoms in total. The number of halogens is 1. The van der Waals surface area contributed by atoms with E-state index >= 15 is 0 Å². The second-order valence-corrected chi connectivity index (χ2v) is 2.37. The molecule has 2 heteroatoms. The van der Waals surface area contributed by atoms with Gasteiger partial charge in [-0.3, -0.25) is 0 Å². The van der Waals surface area contributed by atoms with E-state index in [1.165, 1.54) is 12.3 Å². The molecule has 0 bridgehead atoms. The zero-order chi connectivity index (χ0) is 7.84. The molecule has 0 saturated heterocycles. The minimum atomic E-state index is -0.336. The highest BCUT2D eigenvalue weighted by molar-refractivity contribution is 5.82. The van der Waals surface area contributed by atoms with Gasteiger partial charge < -0.3 is 4.42 Å². The summed E-state index contributed by atoms with van der Waals surface area (Å²) in [6.45, 7) is 3.74. The molecule has 1 radical (unpaired) electrons. The van der Waals surface area contributed by atoms with Crippen molar-refractivity contribution in [3.8, 4) is 0 Å². The summed E-state index contributed by atoms with van der Waals surface area (Å²) in [6, 6.07) is 4.70. The number of hydrogen-bond donors (Lipinski definition) is 0. The van der Waals surface area contributed by atoms with Gasteiger partial charge in [0, 0.05) is 5.39 Å². The number of benzene rings is 1. The van der Waals surface area contributed by atoms with Gasteiger partial charge in [-0.05, 0) is 24.6 Å². The number of furan rings is 1. The molecule has 0 N–H and O–H groups in total. The van der Waals surface area contributed by atoms with Gasteiger partial charge in [-0.2, -0.15) is 0 Å². The van der Waals surface area contributed by atoms with Gasteiger partial charge in [-0.1, -0.05) is 6.07 Å². The van der Waals surface area contributed by atoms with Gasteiger partial charge in [0.2, 0.25) is 0 Å². The number of rotatable bonds is 0. The maximum absolute atomic E-state index is 12.9. The van der Waals surface area contributed by atoms with Gasteiger partial charge in [0.15, 0.2) is 11.4 Å². The van der Waals surface area contributed by atoms with Crippen molar-refractivity contribution in [2.75, 3.05) is 0 Å². The number of hydrogen-bond acceptors (Lipinski definition) is 1. The predicted molar refractivity (Wildman–Crippen MR) is 40.6 cm³/mol. The lowest BCUT2D eigenvalue weighted by Gasteiger charge is -1.93. The molecule has 0 amide bonds. The van der Waals surface area contributed by atoms with E-state index in [1.807, 2.05) is 0 Å². The van der Waals surface area contributed by atoms with Gasteiger partial charge >= 0.3 is 0 Å². The molecule has 1 aromatic carbocycles. The Bertz CT molecular complexity index is 353. The third-order valence-corrected chi connectivity index (χ3v) is 1.66. The highest BCUT2D eigenvalue weighted by atomic mass is 19.1. The Morgan fingerprint density at radius 2 is 2.09 bits per heavy atom. The van der Waals surface area contributed by atoms with Crippen LogP contribution in [0.4, 0.5) is 4.39 Å². The van der Waals surface area contributed by atoms with Crippen LogP contribution in [0, 0.1) is 12.7 Å². The van der Waals surface area contributed by atoms with Crippen molar-refractivity contribution in [3.63, 3.8) is 0 Å². The standard InChI is InChI=1S/C9H6FO/c1-6-2-3-8(10)9-7(6)4-5-11-9/h2-5H,1H2. The summed E-state index contributed by atoms with van der Waals surface area (Å²) in [5, 5.41) is 0.741. The molecule has 0 fully saturated rings. The van der Waals surface area contributed by atoms with Crippen molar-refractivity contribution >= 4 is 11.0 Å². The molecule has 0 atom stereocenters. The Morgan fingerprint density at radius 1 is 1.27 bits per heavy atom. The quantitative estimate of drug-likeness (QED) is 0.561. The average molecular weight is 149 g/mol. The van der Waals surface area contributed by atoms with Crippen molar-refractivity contribution < 1.29 is 8.81 Å². The highest BCUT2D eigenvalue weighted by Gasteiger charge is 2.04. The first-order valence-corrected chi connectivity index (χ1v) is 3.27. The lowest BCUT2D eigenvalue weighted by atomic mass is 10.1. The van der Waals surface area contributed by atoms with Crippen molar-refractivity contribution in [1.82, 2.24) is 0 Å². The fourth-order valence-electron chi connectivity index (χ4n) is 1.09. The summed E-state index contributed by atoms with van der Waals surface area (Å²) in [5.41, 5.74) is 1.08. The Labute approximate surface area is 63.4 Å². The van der Waals surface area contributed by atoms with Gasteiger partial charge in [0.1, 0.15) is 0 Å². The number of fused-ring (bicyclic) bond motifs is 1. The molecule has 2 rings (SSSR count). The van der Waals surface area contributed by atoms with Crippen molar-refractivity contribution in [3.05, 3.63) is 42.8 Å². The molecule has 0 unspecified atom stereocenters. The van der Waals surface area contributed by atoms with E-state index in [4.69, 9.17) is 4.42 Å². The molecule has 2 aromatic rings. The second-order valence-electron chi connectivity index (χ2n) is 2.37. The Hall–Kier alpha value is -1.31. The summed E-state index contributed by atoms with van der Waals surface area (Å²) in [6.07, 6.45) is 1.46. The summed E-state index contributed by atoms with van der Waals surface area (Å²) in [5.74, 6) is -0.336. The Balaban J connectivity index is 2.96. The smallest absolute Gasteiger partial charge is 0.169 e. The highest BCUT2D eigenvalue weighted by Crippen LogP contribution is 2.21. The molecule has 0 aliphatic carbocycles. The van der Waals surface area contributed by atoms with Crippen LogP contribution >= 0.6 is 0 Å². The van der Waals surface area contributed by atoms with Crippen LogP contribution in [-0.4, -0.2) is 0 Å². The van der Waals surface area contributed by atoms with Crippen LogP contribution in [0.2, 0.25) is 0 Å². The van der Waals surface area contributed by atoms with Crippen LogP contribution in [0.25, 0.3) is 11.0 Å². The first-order chi connectivity index (χ1) is 5.29. The molecule has 0 saturated carbocycles. The fraction of sp³-hybridized carbons (Fsp3) is 0. The zero-order valence-corrected chi connectivity index (χ0v) is 5.80. The monoisotopic (exact) mass is 149 g/mol. The van der Waals surface area contributed by atoms with E-state index < -0.39 is 0 Å². The third-order valence-electron chi connectivity index (χ3n) is 1.66. The van der Waals surface area contributed by atoms with Crippen LogP contribution in [0.5, 0.6) is 0 Å². The zero-order valence-electron chi connectivity index (χ0n) is 5.80. The summed E-state index contributed by atoms with van der Waals surface area (Å²) >= 11 is 0. The SMILES string of the molecule is [CH2]c1ccc(F)c2occc12. The molecular weight excluding hydrogens is 143 g/mol. The van der Waals surface area contributed by atoms with E-state index in [9.17, 15) is 4.39 Å². The molecular formula is C9H6FO. The third kappa shape index (κ3) is 0.827. The molecule has 0 spiro atoms. The first-order valence-electron chi connectivity index (χ1n) is 3.27. The predicted octanol–water partition coefficient (Wildman–Crippen LogP) is 2.75. The second kappa shape index (κ2) is 2.09. The van der Waals surface area contributed by atoms with Crippen LogP contribution in [-0.2, 0) is 0 Å². The molecule has 0 aliphatic rings. The fourth-order valence-corrected chi connectivity index (χ4v) is 1.09. The summed E-state index contributed by atoms with van der Waals surface area (Å²) in [4.78, 5) is 0. The van der Waals surface area contributed by atoms with Crippen LogP contribution in [0.15, 0.2) is 28.9 Å². The van der Waals surface area contributed by atoms with Crippen molar-refractivity contribution in [2.24, 2.45) is 0 Å².